The van der Waals surface area contributed by atoms with E-state index >= 15 is 0 Å². The third kappa shape index (κ3) is 7.95. The fraction of sp³-hybridized carbons (Fsp3) is 0.455. The molecule has 0 spiro atoms. The predicted molar refractivity (Wildman–Crippen MR) is 211 cm³/mol. The number of ketones is 1. The number of nitrogens with zero attached hydrogens (tertiary/aromatic N) is 1. The first-order valence-corrected chi connectivity index (χ1v) is 19.9. The maximum atomic E-state index is 14.6. The molecule has 8 nitrogen and oxygen atoms in total. The molecule has 0 radical (unpaired) electrons. The number of urea groups is 1. The number of aliphatic hydroxyl groups excluding tert-OH is 1. The van der Waals surface area contributed by atoms with Crippen LogP contribution in [-0.2, 0) is 11.2 Å². The molecule has 1 saturated heterocycles. The first-order valence-electron chi connectivity index (χ1n) is 19.1. The van der Waals surface area contributed by atoms with Crippen molar-refractivity contribution in [1.82, 2.24) is 4.90 Å². The summed E-state index contributed by atoms with van der Waals surface area (Å²) in [6.07, 6.45) is 7.85. The van der Waals surface area contributed by atoms with Crippen LogP contribution in [0.5, 0.6) is 5.75 Å². The molecule has 5 atom stereocenters. The van der Waals surface area contributed by atoms with Gasteiger partial charge in [-0.2, -0.15) is 0 Å². The Labute approximate surface area is 316 Å². The highest BCUT2D eigenvalue weighted by Gasteiger charge is 2.58. The van der Waals surface area contributed by atoms with Gasteiger partial charge in [-0.3, -0.25) is 4.79 Å². The molecule has 1 aliphatic heterocycles. The van der Waals surface area contributed by atoms with Gasteiger partial charge in [0, 0.05) is 34.5 Å². The third-order valence-corrected chi connectivity index (χ3v) is 13.2. The van der Waals surface area contributed by atoms with Crippen molar-refractivity contribution in [3.05, 3.63) is 106 Å². The zero-order valence-electron chi connectivity index (χ0n) is 31.1. The van der Waals surface area contributed by atoms with Crippen LogP contribution in [0.1, 0.15) is 97.5 Å². The Balaban J connectivity index is 1.27. The van der Waals surface area contributed by atoms with E-state index in [1.807, 2.05) is 60.7 Å². The van der Waals surface area contributed by atoms with Crippen LogP contribution in [-0.4, -0.2) is 71.5 Å². The number of nitrogens with one attached hydrogen (secondary N) is 1. The van der Waals surface area contributed by atoms with E-state index in [4.69, 9.17) is 9.47 Å². The van der Waals surface area contributed by atoms with Gasteiger partial charge in [0.1, 0.15) is 5.75 Å². The zero-order chi connectivity index (χ0) is 37.2. The lowest BCUT2D eigenvalue weighted by Crippen LogP contribution is -2.55. The van der Waals surface area contributed by atoms with Crippen molar-refractivity contribution in [1.29, 1.82) is 0 Å². The molecular weight excluding hydrogens is 685 g/mol. The molecule has 280 valence electrons. The van der Waals surface area contributed by atoms with Gasteiger partial charge in [-0.25, -0.2) is 4.79 Å². The van der Waals surface area contributed by atoms with E-state index in [-0.39, 0.29) is 30.4 Å². The van der Waals surface area contributed by atoms with Gasteiger partial charge >= 0.3 is 6.03 Å². The highest BCUT2D eigenvalue weighted by atomic mass is 32.1. The van der Waals surface area contributed by atoms with Gasteiger partial charge in [-0.1, -0.05) is 48.9 Å². The number of aliphatic hydroxyl groups is 2. The number of rotatable bonds is 8. The molecule has 2 heterocycles. The molecule has 3 aliphatic carbocycles. The van der Waals surface area contributed by atoms with E-state index in [0.717, 1.165) is 46.9 Å². The standard InChI is InChI=1S/C44H52N2O6S/c1-29-8-6-21-43(2)38(20-22-44(43,50)28-46(27-35-10-7-23-52-35)42(49)45-32-14-17-34(51-3)18-15-32)36-19-13-30(24-33(47)16-12-29)25-37(36)41(48)40-26-31-9-4-5-11-39(31)53-40/h4-5,8-9,11,13-15,17-19,25-26,33,35,38,47,50H,6-7,10,12,16,20-24,27-28H2,1-3H3,(H,45,49)/t33-,35+,38-,43-,44+/m0/s1. The summed E-state index contributed by atoms with van der Waals surface area (Å²) < 4.78 is 12.4. The Kier molecular flexibility index (Phi) is 11.1. The number of fused-ring (bicyclic) bond motifs is 9. The monoisotopic (exact) mass is 736 g/mol. The summed E-state index contributed by atoms with van der Waals surface area (Å²) in [4.78, 5) is 31.1. The number of hydrogen-bond acceptors (Lipinski definition) is 7. The minimum atomic E-state index is -1.25. The lowest BCUT2D eigenvalue weighted by Gasteiger charge is -2.46. The number of allylic oxidation sites excluding steroid dienone is 2. The molecule has 1 saturated carbocycles. The summed E-state index contributed by atoms with van der Waals surface area (Å²) >= 11 is 1.50. The van der Waals surface area contributed by atoms with E-state index in [0.29, 0.717) is 67.1 Å². The molecule has 1 aromatic heterocycles. The maximum Gasteiger partial charge on any atom is 0.322 e. The van der Waals surface area contributed by atoms with Crippen LogP contribution in [0.2, 0.25) is 0 Å². The fourth-order valence-corrected chi connectivity index (χ4v) is 9.89. The SMILES string of the molecule is COc1ccc(NC(=O)N(C[C@H]2CCCO2)C[C@]2(O)CC[C@H]3c4ccc(cc4C(=O)c4cc5ccccc5s4)C[C@@H](O)CCC(C)=CCC[C@@]32C)cc1. The van der Waals surface area contributed by atoms with Crippen LogP contribution in [0, 0.1) is 5.41 Å². The molecule has 3 N–H and O–H groups in total. The summed E-state index contributed by atoms with van der Waals surface area (Å²) in [5.74, 6) is 0.522. The topological polar surface area (TPSA) is 108 Å². The van der Waals surface area contributed by atoms with E-state index in [2.05, 4.69) is 37.4 Å². The van der Waals surface area contributed by atoms with Gasteiger partial charge in [0.2, 0.25) is 5.78 Å². The average Bonchev–Trinajstić information content (AvgIpc) is 3.89. The smallest absolute Gasteiger partial charge is 0.322 e. The minimum absolute atomic E-state index is 0.0305. The average molecular weight is 737 g/mol. The molecule has 4 aromatic rings. The number of thiophene rings is 1. The van der Waals surface area contributed by atoms with Crippen molar-refractivity contribution in [3.63, 3.8) is 0 Å². The second kappa shape index (κ2) is 15.8. The van der Waals surface area contributed by atoms with Crippen molar-refractivity contribution in [2.75, 3.05) is 32.1 Å². The Hall–Kier alpha value is -4.02. The van der Waals surface area contributed by atoms with Gasteiger partial charge in [0.15, 0.2) is 0 Å². The second-order valence-electron chi connectivity index (χ2n) is 15.6. The molecular formula is C44H52N2O6S. The first-order chi connectivity index (χ1) is 25.5. The minimum Gasteiger partial charge on any atom is -0.497 e. The zero-order valence-corrected chi connectivity index (χ0v) is 31.9. The van der Waals surface area contributed by atoms with Crippen molar-refractivity contribution < 1.29 is 29.3 Å². The van der Waals surface area contributed by atoms with Crippen molar-refractivity contribution in [3.8, 4) is 5.75 Å². The number of hydrogen-bond donors (Lipinski definition) is 3. The molecule has 4 aliphatic rings. The number of benzene rings is 3. The highest BCUT2D eigenvalue weighted by molar-refractivity contribution is 7.21. The van der Waals surface area contributed by atoms with E-state index in [1.54, 1.807) is 12.0 Å². The molecule has 2 bridgehead atoms. The lowest BCUT2D eigenvalue weighted by molar-refractivity contribution is -0.0799. The molecule has 2 amide bonds. The maximum absolute atomic E-state index is 14.6. The summed E-state index contributed by atoms with van der Waals surface area (Å²) in [7, 11) is 1.61. The highest BCUT2D eigenvalue weighted by Crippen LogP contribution is 2.59. The van der Waals surface area contributed by atoms with Crippen LogP contribution in [0.15, 0.2) is 84.4 Å². The molecule has 2 fully saturated rings. The molecule has 3 aromatic carbocycles. The second-order valence-corrected chi connectivity index (χ2v) is 16.7. The van der Waals surface area contributed by atoms with Crippen LogP contribution < -0.4 is 10.1 Å². The number of carbonyl (C=O) groups excluding carboxylic acids is 2. The van der Waals surface area contributed by atoms with Gasteiger partial charge in [0.25, 0.3) is 0 Å². The van der Waals surface area contributed by atoms with Gasteiger partial charge in [-0.05, 0) is 130 Å². The summed E-state index contributed by atoms with van der Waals surface area (Å²) in [5.41, 5.74) is 2.42. The molecule has 9 heteroatoms. The summed E-state index contributed by atoms with van der Waals surface area (Å²) in [6, 6.07) is 23.1. The summed E-state index contributed by atoms with van der Waals surface area (Å²) in [5, 5.41) is 28.2. The van der Waals surface area contributed by atoms with Gasteiger partial charge in [0.05, 0.1) is 36.3 Å². The van der Waals surface area contributed by atoms with Crippen LogP contribution in [0.4, 0.5) is 10.5 Å². The third-order valence-electron chi connectivity index (χ3n) is 12.1. The van der Waals surface area contributed by atoms with E-state index < -0.39 is 17.1 Å². The Morgan fingerprint density at radius 1 is 1.04 bits per heavy atom. The van der Waals surface area contributed by atoms with Crippen molar-refractivity contribution in [2.24, 2.45) is 5.41 Å². The van der Waals surface area contributed by atoms with Crippen molar-refractivity contribution in [2.45, 2.75) is 95.4 Å². The fourth-order valence-electron chi connectivity index (χ4n) is 8.87. The van der Waals surface area contributed by atoms with Crippen LogP contribution in [0.25, 0.3) is 10.1 Å². The number of methoxy groups -OCH3 is 1. The molecule has 53 heavy (non-hydrogen) atoms. The molecule has 0 unspecified atom stereocenters. The van der Waals surface area contributed by atoms with E-state index in [9.17, 15) is 19.8 Å². The predicted octanol–water partition coefficient (Wildman–Crippen LogP) is 8.89. The lowest BCUT2D eigenvalue weighted by atomic mass is 9.64. The normalized spacial score (nSPS) is 26.1. The van der Waals surface area contributed by atoms with Crippen molar-refractivity contribution >= 4 is 38.9 Å². The first kappa shape index (κ1) is 37.3. The Bertz CT molecular complexity index is 1930. The number of anilines is 1. The quantitative estimate of drug-likeness (QED) is 0.123. The van der Waals surface area contributed by atoms with Gasteiger partial charge < -0.3 is 29.9 Å². The number of ether oxygens (including phenoxy) is 2. The summed E-state index contributed by atoms with van der Waals surface area (Å²) in [6.45, 7) is 5.45. The van der Waals surface area contributed by atoms with Gasteiger partial charge in [-0.15, -0.1) is 11.3 Å². The van der Waals surface area contributed by atoms with E-state index in [1.165, 1.54) is 16.9 Å². The molecule has 8 rings (SSSR count). The largest absolute Gasteiger partial charge is 0.497 e. The number of amides is 2. The Morgan fingerprint density at radius 3 is 2.60 bits per heavy atom. The number of carbonyl (C=O) groups is 2. The van der Waals surface area contributed by atoms with Crippen LogP contribution >= 0.6 is 11.3 Å². The van der Waals surface area contributed by atoms with Crippen LogP contribution in [0.3, 0.4) is 0 Å². The Morgan fingerprint density at radius 2 is 1.85 bits per heavy atom.